The number of fused-ring (bicyclic) bond motifs is 1. The molecule has 3 rings (SSSR count). The van der Waals surface area contributed by atoms with E-state index in [1.54, 1.807) is 0 Å². The van der Waals surface area contributed by atoms with Gasteiger partial charge in [-0.2, -0.15) is 5.10 Å². The molecule has 0 amide bonds. The highest BCUT2D eigenvalue weighted by Crippen LogP contribution is 2.24. The summed E-state index contributed by atoms with van der Waals surface area (Å²) in [5, 5.41) is 8.35. The van der Waals surface area contributed by atoms with Gasteiger partial charge in [-0.25, -0.2) is 0 Å². The molecule has 3 nitrogen and oxygen atoms in total. The Hall–Kier alpha value is -2.07. The largest absolute Gasteiger partial charge is 0.267 e. The fourth-order valence-corrected chi connectivity index (χ4v) is 2.30. The Morgan fingerprint density at radius 1 is 1.11 bits per heavy atom. The molecular weight excluding hydrogens is 254 g/mol. The summed E-state index contributed by atoms with van der Waals surface area (Å²) >= 11 is 5.19. The van der Waals surface area contributed by atoms with Crippen molar-refractivity contribution in [1.29, 1.82) is 0 Å². The standard InChI is InChI=1S/C15H13N3S/c1-9-10(2)15(19)18-17-14(9)12-7-11-5-3-4-6-13(11)16-8-12/h3-8H,1-2H3,(H,18,19). The molecule has 0 atom stereocenters. The van der Waals surface area contributed by atoms with Gasteiger partial charge in [-0.15, -0.1) is 0 Å². The van der Waals surface area contributed by atoms with E-state index in [0.29, 0.717) is 4.64 Å². The topological polar surface area (TPSA) is 41.6 Å². The highest BCUT2D eigenvalue weighted by atomic mass is 32.1. The van der Waals surface area contributed by atoms with E-state index in [1.165, 1.54) is 0 Å². The lowest BCUT2D eigenvalue weighted by Crippen LogP contribution is -1.97. The molecule has 4 heteroatoms. The van der Waals surface area contributed by atoms with Crippen molar-refractivity contribution in [3.63, 3.8) is 0 Å². The highest BCUT2D eigenvalue weighted by Gasteiger charge is 2.08. The van der Waals surface area contributed by atoms with Gasteiger partial charge in [-0.1, -0.05) is 30.4 Å². The van der Waals surface area contributed by atoms with Gasteiger partial charge in [0.25, 0.3) is 0 Å². The first-order chi connectivity index (χ1) is 9.16. The number of hydrogen-bond donors (Lipinski definition) is 1. The van der Waals surface area contributed by atoms with Gasteiger partial charge >= 0.3 is 0 Å². The van der Waals surface area contributed by atoms with Gasteiger partial charge in [0.2, 0.25) is 0 Å². The van der Waals surface area contributed by atoms with Crippen LogP contribution < -0.4 is 0 Å². The zero-order valence-corrected chi connectivity index (χ0v) is 11.6. The normalized spacial score (nSPS) is 10.8. The SMILES string of the molecule is Cc1c(-c2cnc3ccccc3c2)n[nH]c(=S)c1C. The van der Waals surface area contributed by atoms with Gasteiger partial charge in [0.15, 0.2) is 0 Å². The number of nitrogens with zero attached hydrogens (tertiary/aromatic N) is 2. The van der Waals surface area contributed by atoms with Crippen molar-refractivity contribution in [3.05, 3.63) is 52.3 Å². The Morgan fingerprint density at radius 3 is 2.74 bits per heavy atom. The molecule has 2 aromatic heterocycles. The minimum Gasteiger partial charge on any atom is -0.267 e. The van der Waals surface area contributed by atoms with Crippen LogP contribution in [0.5, 0.6) is 0 Å². The van der Waals surface area contributed by atoms with Crippen LogP contribution in [0.15, 0.2) is 36.5 Å². The quantitative estimate of drug-likeness (QED) is 0.678. The van der Waals surface area contributed by atoms with E-state index in [1.807, 2.05) is 38.2 Å². The van der Waals surface area contributed by atoms with Crippen molar-refractivity contribution in [2.24, 2.45) is 0 Å². The number of aromatic amines is 1. The summed E-state index contributed by atoms with van der Waals surface area (Å²) < 4.78 is 0.690. The Morgan fingerprint density at radius 2 is 1.89 bits per heavy atom. The zero-order valence-electron chi connectivity index (χ0n) is 10.8. The second-order valence-electron chi connectivity index (χ2n) is 4.57. The van der Waals surface area contributed by atoms with Crippen LogP contribution in [0.2, 0.25) is 0 Å². The Kier molecular flexibility index (Phi) is 2.87. The first kappa shape index (κ1) is 12.0. The zero-order chi connectivity index (χ0) is 13.4. The van der Waals surface area contributed by atoms with Crippen molar-refractivity contribution < 1.29 is 0 Å². The minimum absolute atomic E-state index is 0.690. The third-order valence-electron chi connectivity index (χ3n) is 3.39. The van der Waals surface area contributed by atoms with E-state index >= 15 is 0 Å². The van der Waals surface area contributed by atoms with E-state index in [4.69, 9.17) is 12.2 Å². The molecule has 19 heavy (non-hydrogen) atoms. The Labute approximate surface area is 116 Å². The summed E-state index contributed by atoms with van der Waals surface area (Å²) in [4.78, 5) is 4.47. The second-order valence-corrected chi connectivity index (χ2v) is 4.98. The summed E-state index contributed by atoms with van der Waals surface area (Å²) in [7, 11) is 0. The first-order valence-corrected chi connectivity index (χ1v) is 6.48. The van der Waals surface area contributed by atoms with Gasteiger partial charge in [0.05, 0.1) is 11.2 Å². The lowest BCUT2D eigenvalue weighted by molar-refractivity contribution is 0.986. The van der Waals surface area contributed by atoms with Crippen LogP contribution in [-0.2, 0) is 0 Å². The molecule has 0 aliphatic rings. The van der Waals surface area contributed by atoms with Gasteiger partial charge in [0.1, 0.15) is 4.64 Å². The van der Waals surface area contributed by atoms with Crippen molar-refractivity contribution in [1.82, 2.24) is 15.2 Å². The fourth-order valence-electron chi connectivity index (χ4n) is 2.10. The molecule has 3 aromatic rings. The number of aromatic nitrogens is 3. The Bertz CT molecular complexity index is 821. The molecule has 0 unspecified atom stereocenters. The summed E-state index contributed by atoms with van der Waals surface area (Å²) in [6, 6.07) is 10.2. The fraction of sp³-hybridized carbons (Fsp3) is 0.133. The summed E-state index contributed by atoms with van der Waals surface area (Å²) in [6.07, 6.45) is 1.86. The number of H-pyrrole nitrogens is 1. The molecule has 94 valence electrons. The average Bonchev–Trinajstić information content (AvgIpc) is 2.44. The van der Waals surface area contributed by atoms with Crippen LogP contribution in [0, 0.1) is 18.5 Å². The van der Waals surface area contributed by atoms with E-state index in [-0.39, 0.29) is 0 Å². The summed E-state index contributed by atoms with van der Waals surface area (Å²) in [6.45, 7) is 4.05. The van der Waals surface area contributed by atoms with Gasteiger partial charge in [0, 0.05) is 17.1 Å². The van der Waals surface area contributed by atoms with E-state index in [0.717, 1.165) is 33.3 Å². The van der Waals surface area contributed by atoms with Crippen LogP contribution >= 0.6 is 12.2 Å². The van der Waals surface area contributed by atoms with Crippen molar-refractivity contribution >= 4 is 23.1 Å². The maximum Gasteiger partial charge on any atom is 0.122 e. The van der Waals surface area contributed by atoms with Crippen LogP contribution in [0.3, 0.4) is 0 Å². The van der Waals surface area contributed by atoms with Crippen LogP contribution in [0.25, 0.3) is 22.2 Å². The van der Waals surface area contributed by atoms with Gasteiger partial charge < -0.3 is 0 Å². The minimum atomic E-state index is 0.690. The molecule has 0 radical (unpaired) electrons. The molecule has 0 saturated carbocycles. The maximum absolute atomic E-state index is 5.19. The molecule has 0 fully saturated rings. The maximum atomic E-state index is 5.19. The van der Waals surface area contributed by atoms with Crippen molar-refractivity contribution in [2.45, 2.75) is 13.8 Å². The average molecular weight is 267 g/mol. The van der Waals surface area contributed by atoms with Crippen LogP contribution in [0.4, 0.5) is 0 Å². The number of rotatable bonds is 1. The number of para-hydroxylation sites is 1. The van der Waals surface area contributed by atoms with Gasteiger partial charge in [-0.05, 0) is 37.1 Å². The monoisotopic (exact) mass is 267 g/mol. The molecule has 0 bridgehead atoms. The molecule has 0 saturated heterocycles. The number of benzene rings is 1. The molecule has 0 aliphatic heterocycles. The van der Waals surface area contributed by atoms with Crippen molar-refractivity contribution in [3.8, 4) is 11.3 Å². The van der Waals surface area contributed by atoms with Crippen LogP contribution in [-0.4, -0.2) is 15.2 Å². The Balaban J connectivity index is 2.25. The molecule has 0 spiro atoms. The third-order valence-corrected chi connectivity index (χ3v) is 3.79. The highest BCUT2D eigenvalue weighted by molar-refractivity contribution is 7.71. The molecule has 1 N–H and O–H groups in total. The lowest BCUT2D eigenvalue weighted by atomic mass is 10.0. The first-order valence-electron chi connectivity index (χ1n) is 6.08. The number of hydrogen-bond acceptors (Lipinski definition) is 3. The second kappa shape index (κ2) is 4.55. The van der Waals surface area contributed by atoms with E-state index in [9.17, 15) is 0 Å². The van der Waals surface area contributed by atoms with Gasteiger partial charge in [-0.3, -0.25) is 10.1 Å². The van der Waals surface area contributed by atoms with E-state index in [2.05, 4.69) is 27.3 Å². The lowest BCUT2D eigenvalue weighted by Gasteiger charge is -2.08. The smallest absolute Gasteiger partial charge is 0.122 e. The molecule has 1 aromatic carbocycles. The predicted molar refractivity (Wildman–Crippen MR) is 79.6 cm³/mol. The summed E-state index contributed by atoms with van der Waals surface area (Å²) in [5.41, 5.74) is 5.06. The number of nitrogens with one attached hydrogen (secondary N) is 1. The number of pyridine rings is 1. The van der Waals surface area contributed by atoms with E-state index < -0.39 is 0 Å². The van der Waals surface area contributed by atoms with Crippen LogP contribution in [0.1, 0.15) is 11.1 Å². The predicted octanol–water partition coefficient (Wildman–Crippen LogP) is 3.97. The summed E-state index contributed by atoms with van der Waals surface area (Å²) in [5.74, 6) is 0. The molecule has 2 heterocycles. The molecule has 0 aliphatic carbocycles. The third kappa shape index (κ3) is 2.04. The van der Waals surface area contributed by atoms with Crippen molar-refractivity contribution in [2.75, 3.05) is 0 Å². The molecular formula is C15H13N3S.